The van der Waals surface area contributed by atoms with Crippen LogP contribution in [0, 0.1) is 5.82 Å². The molecule has 1 aromatic heterocycles. The molecule has 3 nitrogen and oxygen atoms in total. The Morgan fingerprint density at radius 3 is 2.83 bits per heavy atom. The van der Waals surface area contributed by atoms with Crippen LogP contribution in [0.2, 0.25) is 5.02 Å². The number of hydrogen-bond donors (Lipinski definition) is 1. The summed E-state index contributed by atoms with van der Waals surface area (Å²) in [6.45, 7) is 0. The molecule has 2 aromatic rings. The molecule has 2 N–H and O–H groups in total. The lowest BCUT2D eigenvalue weighted by Crippen LogP contribution is -2.13. The first kappa shape index (κ1) is 13.1. The highest BCUT2D eigenvalue weighted by Gasteiger charge is 2.11. The quantitative estimate of drug-likeness (QED) is 0.926. The molecule has 1 aromatic carbocycles. The zero-order valence-electron chi connectivity index (χ0n) is 10.1. The van der Waals surface area contributed by atoms with E-state index in [4.69, 9.17) is 17.3 Å². The van der Waals surface area contributed by atoms with Crippen molar-refractivity contribution in [2.24, 2.45) is 12.8 Å². The third kappa shape index (κ3) is 2.89. The molecule has 0 aliphatic rings. The van der Waals surface area contributed by atoms with Crippen molar-refractivity contribution in [3.05, 3.63) is 52.6 Å². The molecular formula is C13H15ClFN3. The number of hydrogen-bond acceptors (Lipinski definition) is 2. The summed E-state index contributed by atoms with van der Waals surface area (Å²) in [5.74, 6) is -0.345. The Morgan fingerprint density at radius 2 is 2.22 bits per heavy atom. The maximum Gasteiger partial charge on any atom is 0.124 e. The second kappa shape index (κ2) is 5.50. The maximum absolute atomic E-state index is 12.9. The predicted molar refractivity (Wildman–Crippen MR) is 69.9 cm³/mol. The fourth-order valence-electron chi connectivity index (χ4n) is 1.91. The van der Waals surface area contributed by atoms with E-state index in [1.54, 1.807) is 12.3 Å². The smallest absolute Gasteiger partial charge is 0.124 e. The van der Waals surface area contributed by atoms with Gasteiger partial charge in [-0.05, 0) is 36.6 Å². The van der Waals surface area contributed by atoms with Crippen LogP contribution in [0.3, 0.4) is 0 Å². The molecule has 1 heterocycles. The summed E-state index contributed by atoms with van der Waals surface area (Å²) >= 11 is 5.98. The van der Waals surface area contributed by atoms with Crippen molar-refractivity contribution >= 4 is 11.6 Å². The molecular weight excluding hydrogens is 253 g/mol. The average Bonchev–Trinajstić information content (AvgIpc) is 2.72. The van der Waals surface area contributed by atoms with E-state index in [-0.39, 0.29) is 11.9 Å². The van der Waals surface area contributed by atoms with Crippen LogP contribution >= 0.6 is 11.6 Å². The minimum Gasteiger partial charge on any atom is -0.324 e. The van der Waals surface area contributed by atoms with Crippen molar-refractivity contribution in [1.29, 1.82) is 0 Å². The summed E-state index contributed by atoms with van der Waals surface area (Å²) in [6, 6.07) is 6.07. The molecule has 96 valence electrons. The number of aromatic nitrogens is 2. The summed E-state index contributed by atoms with van der Waals surface area (Å²) in [5.41, 5.74) is 7.97. The van der Waals surface area contributed by atoms with Gasteiger partial charge in [-0.3, -0.25) is 4.68 Å². The second-order valence-electron chi connectivity index (χ2n) is 4.26. The lowest BCUT2D eigenvalue weighted by Gasteiger charge is -2.13. The molecule has 0 radical (unpaired) electrons. The van der Waals surface area contributed by atoms with Gasteiger partial charge in [-0.15, -0.1) is 0 Å². The summed E-state index contributed by atoms with van der Waals surface area (Å²) < 4.78 is 14.8. The molecule has 0 bridgehead atoms. The Kier molecular flexibility index (Phi) is 3.99. The minimum absolute atomic E-state index is 0.201. The number of nitrogens with two attached hydrogens (primary N) is 1. The van der Waals surface area contributed by atoms with E-state index in [9.17, 15) is 4.39 Å². The third-order valence-electron chi connectivity index (χ3n) is 3.00. The van der Waals surface area contributed by atoms with Gasteiger partial charge in [0.2, 0.25) is 0 Å². The lowest BCUT2D eigenvalue weighted by molar-refractivity contribution is 0.606. The van der Waals surface area contributed by atoms with E-state index in [1.165, 1.54) is 12.1 Å². The van der Waals surface area contributed by atoms with Gasteiger partial charge < -0.3 is 5.73 Å². The highest BCUT2D eigenvalue weighted by atomic mass is 35.5. The molecule has 1 unspecified atom stereocenters. The molecule has 18 heavy (non-hydrogen) atoms. The first-order valence-corrected chi connectivity index (χ1v) is 6.13. The number of halogens is 2. The maximum atomic E-state index is 12.9. The van der Waals surface area contributed by atoms with E-state index in [0.717, 1.165) is 24.1 Å². The Morgan fingerprint density at radius 1 is 1.44 bits per heavy atom. The van der Waals surface area contributed by atoms with Gasteiger partial charge in [0.25, 0.3) is 0 Å². The van der Waals surface area contributed by atoms with Crippen LogP contribution in [0.25, 0.3) is 0 Å². The highest BCUT2D eigenvalue weighted by molar-refractivity contribution is 6.31. The van der Waals surface area contributed by atoms with Crippen molar-refractivity contribution < 1.29 is 4.39 Å². The van der Waals surface area contributed by atoms with Crippen molar-refractivity contribution in [3.63, 3.8) is 0 Å². The standard InChI is InChI=1S/C13H15ClFN3/c1-18-10(6-7-17-18)3-5-13(16)11-4-2-9(15)8-12(11)14/h2,4,6-8,13H,3,5,16H2,1H3. The third-order valence-corrected chi connectivity index (χ3v) is 3.32. The van der Waals surface area contributed by atoms with Crippen LogP contribution in [0.15, 0.2) is 30.5 Å². The summed E-state index contributed by atoms with van der Waals surface area (Å²) in [5, 5.41) is 4.48. The normalized spacial score (nSPS) is 12.7. The minimum atomic E-state index is -0.345. The van der Waals surface area contributed by atoms with Gasteiger partial charge in [-0.2, -0.15) is 5.10 Å². The van der Waals surface area contributed by atoms with E-state index in [1.807, 2.05) is 17.8 Å². The van der Waals surface area contributed by atoms with E-state index < -0.39 is 0 Å². The molecule has 1 atom stereocenters. The predicted octanol–water partition coefficient (Wildman–Crippen LogP) is 2.85. The molecule has 0 amide bonds. The molecule has 0 aliphatic carbocycles. The van der Waals surface area contributed by atoms with Gasteiger partial charge in [0.1, 0.15) is 5.82 Å². The summed E-state index contributed by atoms with van der Waals surface area (Å²) in [7, 11) is 1.89. The van der Waals surface area contributed by atoms with Crippen LogP contribution in [0.5, 0.6) is 0 Å². The SMILES string of the molecule is Cn1nccc1CCC(N)c1ccc(F)cc1Cl. The molecule has 0 saturated heterocycles. The molecule has 2 rings (SSSR count). The Hall–Kier alpha value is -1.39. The van der Waals surface area contributed by atoms with Crippen LogP contribution in [0.4, 0.5) is 4.39 Å². The van der Waals surface area contributed by atoms with Gasteiger partial charge in [0, 0.05) is 30.0 Å². The van der Waals surface area contributed by atoms with Crippen molar-refractivity contribution in [3.8, 4) is 0 Å². The second-order valence-corrected chi connectivity index (χ2v) is 4.66. The van der Waals surface area contributed by atoms with Gasteiger partial charge in [-0.25, -0.2) is 4.39 Å². The first-order valence-electron chi connectivity index (χ1n) is 5.75. The Labute approximate surface area is 110 Å². The number of benzene rings is 1. The van der Waals surface area contributed by atoms with Gasteiger partial charge >= 0.3 is 0 Å². The van der Waals surface area contributed by atoms with Crippen molar-refractivity contribution in [2.75, 3.05) is 0 Å². The van der Waals surface area contributed by atoms with Crippen LogP contribution in [-0.4, -0.2) is 9.78 Å². The van der Waals surface area contributed by atoms with Crippen molar-refractivity contribution in [2.45, 2.75) is 18.9 Å². The lowest BCUT2D eigenvalue weighted by atomic mass is 10.0. The average molecular weight is 268 g/mol. The van der Waals surface area contributed by atoms with Gasteiger partial charge in [-0.1, -0.05) is 17.7 Å². The topological polar surface area (TPSA) is 43.8 Å². The molecule has 0 aliphatic heterocycles. The molecule has 0 fully saturated rings. The zero-order valence-corrected chi connectivity index (χ0v) is 10.9. The fraction of sp³-hybridized carbons (Fsp3) is 0.308. The first-order chi connectivity index (χ1) is 8.58. The van der Waals surface area contributed by atoms with E-state index in [0.29, 0.717) is 5.02 Å². The molecule has 0 saturated carbocycles. The van der Waals surface area contributed by atoms with E-state index in [2.05, 4.69) is 5.10 Å². The zero-order chi connectivity index (χ0) is 13.1. The summed E-state index contributed by atoms with van der Waals surface area (Å²) in [6.07, 6.45) is 3.31. The molecule has 0 spiro atoms. The van der Waals surface area contributed by atoms with Crippen LogP contribution < -0.4 is 5.73 Å². The van der Waals surface area contributed by atoms with E-state index >= 15 is 0 Å². The van der Waals surface area contributed by atoms with Gasteiger partial charge in [0.15, 0.2) is 0 Å². The number of nitrogens with zero attached hydrogens (tertiary/aromatic N) is 2. The van der Waals surface area contributed by atoms with Crippen LogP contribution in [0.1, 0.15) is 23.7 Å². The highest BCUT2D eigenvalue weighted by Crippen LogP contribution is 2.25. The Bertz CT molecular complexity index is 539. The van der Waals surface area contributed by atoms with Gasteiger partial charge in [0.05, 0.1) is 0 Å². The summed E-state index contributed by atoms with van der Waals surface area (Å²) in [4.78, 5) is 0. The van der Waals surface area contributed by atoms with Crippen molar-refractivity contribution in [1.82, 2.24) is 9.78 Å². The fourth-order valence-corrected chi connectivity index (χ4v) is 2.22. The Balaban J connectivity index is 2.03. The largest absolute Gasteiger partial charge is 0.324 e. The monoisotopic (exact) mass is 267 g/mol. The molecule has 5 heteroatoms. The number of aryl methyl sites for hydroxylation is 2. The number of rotatable bonds is 4. The van der Waals surface area contributed by atoms with Crippen LogP contribution in [-0.2, 0) is 13.5 Å².